The van der Waals surface area contributed by atoms with Crippen molar-refractivity contribution in [2.24, 2.45) is 0 Å². The van der Waals surface area contributed by atoms with Crippen molar-refractivity contribution in [3.63, 3.8) is 0 Å². The van der Waals surface area contributed by atoms with E-state index in [0.717, 1.165) is 61.5 Å². The van der Waals surface area contributed by atoms with Crippen LogP contribution in [0.3, 0.4) is 0 Å². The Labute approximate surface area is 169 Å². The molecule has 0 spiro atoms. The Morgan fingerprint density at radius 2 is 2.00 bits per heavy atom. The smallest absolute Gasteiger partial charge is 0.256 e. The van der Waals surface area contributed by atoms with Gasteiger partial charge in [0.1, 0.15) is 5.82 Å². The Kier molecular flexibility index (Phi) is 4.56. The molecule has 1 fully saturated rings. The molecular formula is C21H27N7O. The maximum absolute atomic E-state index is 13.4. The highest BCUT2D eigenvalue weighted by Crippen LogP contribution is 2.33. The zero-order chi connectivity index (χ0) is 20.0. The summed E-state index contributed by atoms with van der Waals surface area (Å²) in [4.78, 5) is 19.9. The number of likely N-dealkylation sites (tertiary alicyclic amines) is 1. The number of pyridine rings is 1. The fourth-order valence-corrected chi connectivity index (χ4v) is 4.63. The predicted octanol–water partition coefficient (Wildman–Crippen LogP) is 3.31. The molecule has 152 valence electrons. The number of carbonyl (C=O) groups excluding carboxylic acids is 1. The van der Waals surface area contributed by atoms with Gasteiger partial charge in [0.05, 0.1) is 17.8 Å². The van der Waals surface area contributed by atoms with Crippen LogP contribution in [0.1, 0.15) is 80.0 Å². The van der Waals surface area contributed by atoms with Gasteiger partial charge < -0.3 is 9.47 Å². The van der Waals surface area contributed by atoms with Crippen LogP contribution in [0.25, 0.3) is 11.0 Å². The number of rotatable bonds is 3. The van der Waals surface area contributed by atoms with Gasteiger partial charge >= 0.3 is 0 Å². The van der Waals surface area contributed by atoms with E-state index in [2.05, 4.69) is 38.7 Å². The van der Waals surface area contributed by atoms with Crippen molar-refractivity contribution in [3.8, 4) is 0 Å². The van der Waals surface area contributed by atoms with Crippen LogP contribution in [0.2, 0.25) is 0 Å². The third-order valence-corrected chi connectivity index (χ3v) is 6.12. The molecule has 0 saturated carbocycles. The van der Waals surface area contributed by atoms with E-state index in [0.29, 0.717) is 5.56 Å². The molecular weight excluding hydrogens is 366 g/mol. The fraction of sp³-hybridized carbons (Fsp3) is 0.571. The highest BCUT2D eigenvalue weighted by atomic mass is 16.2. The molecule has 0 aliphatic carbocycles. The van der Waals surface area contributed by atoms with E-state index < -0.39 is 0 Å². The van der Waals surface area contributed by atoms with Gasteiger partial charge in [0.15, 0.2) is 11.5 Å². The van der Waals surface area contributed by atoms with Crippen LogP contribution in [0.5, 0.6) is 0 Å². The first-order chi connectivity index (χ1) is 14.1. The standard InChI is InChI=1S/C21H27N7O/c1-14(2)28-19-15(13-23-28)11-16(12-22-19)21(29)26-10-6-7-17(26)20-25-24-18-8-4-3-5-9-27(18)20/h11-14,17H,3-10H2,1-2H3/t17-/m1/s1. The maximum atomic E-state index is 13.4. The Morgan fingerprint density at radius 1 is 1.10 bits per heavy atom. The van der Waals surface area contributed by atoms with Crippen molar-refractivity contribution in [2.45, 2.75) is 71.0 Å². The van der Waals surface area contributed by atoms with Gasteiger partial charge in [-0.15, -0.1) is 10.2 Å². The molecule has 3 aromatic heterocycles. The van der Waals surface area contributed by atoms with Crippen LogP contribution < -0.4 is 0 Å². The molecule has 0 unspecified atom stereocenters. The molecule has 2 aliphatic heterocycles. The van der Waals surface area contributed by atoms with E-state index in [9.17, 15) is 4.79 Å². The van der Waals surface area contributed by atoms with E-state index >= 15 is 0 Å². The number of fused-ring (bicyclic) bond motifs is 2. The summed E-state index contributed by atoms with van der Waals surface area (Å²) in [5.41, 5.74) is 1.43. The van der Waals surface area contributed by atoms with Crippen molar-refractivity contribution in [1.29, 1.82) is 0 Å². The predicted molar refractivity (Wildman–Crippen MR) is 109 cm³/mol. The Morgan fingerprint density at radius 3 is 2.86 bits per heavy atom. The molecule has 0 radical (unpaired) electrons. The monoisotopic (exact) mass is 393 g/mol. The molecule has 8 heteroatoms. The zero-order valence-corrected chi connectivity index (χ0v) is 17.1. The van der Waals surface area contributed by atoms with E-state index in [1.165, 1.54) is 12.8 Å². The van der Waals surface area contributed by atoms with Crippen molar-refractivity contribution in [1.82, 2.24) is 34.4 Å². The van der Waals surface area contributed by atoms with Crippen LogP contribution in [0.4, 0.5) is 0 Å². The lowest BCUT2D eigenvalue weighted by molar-refractivity contribution is 0.0727. The van der Waals surface area contributed by atoms with Gasteiger partial charge in [-0.2, -0.15) is 5.10 Å². The van der Waals surface area contributed by atoms with E-state index in [-0.39, 0.29) is 18.0 Å². The second-order valence-electron chi connectivity index (χ2n) is 8.41. The SMILES string of the molecule is CC(C)n1ncc2cc(C(=O)N3CCC[C@@H]3c3nnc4n3CCCCC4)cnc21. The number of hydrogen-bond donors (Lipinski definition) is 0. The van der Waals surface area contributed by atoms with E-state index in [1.807, 2.05) is 15.6 Å². The largest absolute Gasteiger partial charge is 0.328 e. The van der Waals surface area contributed by atoms with Crippen LogP contribution in [-0.2, 0) is 13.0 Å². The van der Waals surface area contributed by atoms with Crippen molar-refractivity contribution in [3.05, 3.63) is 35.7 Å². The molecule has 1 atom stereocenters. The second kappa shape index (κ2) is 7.24. The van der Waals surface area contributed by atoms with Gasteiger partial charge in [-0.25, -0.2) is 9.67 Å². The molecule has 0 aromatic carbocycles. The van der Waals surface area contributed by atoms with Crippen molar-refractivity contribution >= 4 is 16.9 Å². The Balaban J connectivity index is 1.45. The summed E-state index contributed by atoms with van der Waals surface area (Å²) in [6.07, 6.45) is 9.93. The molecule has 8 nitrogen and oxygen atoms in total. The molecule has 2 aliphatic rings. The maximum Gasteiger partial charge on any atom is 0.256 e. The van der Waals surface area contributed by atoms with E-state index in [1.54, 1.807) is 12.4 Å². The molecule has 29 heavy (non-hydrogen) atoms. The highest BCUT2D eigenvalue weighted by Gasteiger charge is 2.35. The molecule has 1 amide bonds. The van der Waals surface area contributed by atoms with E-state index in [4.69, 9.17) is 0 Å². The lowest BCUT2D eigenvalue weighted by Crippen LogP contribution is -2.32. The third kappa shape index (κ3) is 3.10. The molecule has 3 aromatic rings. The van der Waals surface area contributed by atoms with Crippen LogP contribution in [-0.4, -0.2) is 46.9 Å². The van der Waals surface area contributed by atoms with Crippen LogP contribution in [0, 0.1) is 0 Å². The van der Waals surface area contributed by atoms with Crippen LogP contribution >= 0.6 is 0 Å². The minimum atomic E-state index is -0.00376. The Hall–Kier alpha value is -2.77. The quantitative estimate of drug-likeness (QED) is 0.682. The lowest BCUT2D eigenvalue weighted by atomic mass is 10.1. The number of aromatic nitrogens is 6. The Bertz CT molecular complexity index is 1050. The highest BCUT2D eigenvalue weighted by molar-refractivity contribution is 5.97. The third-order valence-electron chi connectivity index (χ3n) is 6.12. The summed E-state index contributed by atoms with van der Waals surface area (Å²) in [5.74, 6) is 2.04. The molecule has 0 N–H and O–H groups in total. The van der Waals surface area contributed by atoms with Gasteiger partial charge in [0, 0.05) is 37.1 Å². The molecule has 0 bridgehead atoms. The number of amides is 1. The first kappa shape index (κ1) is 18.3. The molecule has 5 heterocycles. The van der Waals surface area contributed by atoms with Gasteiger partial charge in [0.25, 0.3) is 5.91 Å². The summed E-state index contributed by atoms with van der Waals surface area (Å²) in [6, 6.07) is 2.14. The number of carbonyl (C=O) groups is 1. The lowest BCUT2D eigenvalue weighted by Gasteiger charge is -2.24. The minimum absolute atomic E-state index is 0.00376. The van der Waals surface area contributed by atoms with Crippen LogP contribution in [0.15, 0.2) is 18.5 Å². The topological polar surface area (TPSA) is 81.7 Å². The zero-order valence-electron chi connectivity index (χ0n) is 17.1. The molecule has 1 saturated heterocycles. The number of aryl methyl sites for hydroxylation is 1. The summed E-state index contributed by atoms with van der Waals surface area (Å²) >= 11 is 0. The van der Waals surface area contributed by atoms with Gasteiger partial charge in [0.2, 0.25) is 0 Å². The number of nitrogens with zero attached hydrogens (tertiary/aromatic N) is 7. The summed E-state index contributed by atoms with van der Waals surface area (Å²) in [5, 5.41) is 14.3. The normalized spacial score (nSPS) is 19.7. The van der Waals surface area contributed by atoms with Gasteiger partial charge in [-0.3, -0.25) is 4.79 Å². The average Bonchev–Trinajstić information content (AvgIpc) is 3.41. The van der Waals surface area contributed by atoms with Crippen molar-refractivity contribution in [2.75, 3.05) is 6.54 Å². The summed E-state index contributed by atoms with van der Waals surface area (Å²) in [6.45, 7) is 5.85. The van der Waals surface area contributed by atoms with Crippen molar-refractivity contribution < 1.29 is 4.79 Å². The summed E-state index contributed by atoms with van der Waals surface area (Å²) in [7, 11) is 0. The van der Waals surface area contributed by atoms with Gasteiger partial charge in [-0.05, 0) is 45.6 Å². The average molecular weight is 393 g/mol. The van der Waals surface area contributed by atoms with Gasteiger partial charge in [-0.1, -0.05) is 6.42 Å². The first-order valence-corrected chi connectivity index (χ1v) is 10.7. The number of hydrogen-bond acceptors (Lipinski definition) is 5. The second-order valence-corrected chi connectivity index (χ2v) is 8.41. The first-order valence-electron chi connectivity index (χ1n) is 10.7. The minimum Gasteiger partial charge on any atom is -0.328 e. The summed E-state index contributed by atoms with van der Waals surface area (Å²) < 4.78 is 4.14. The fourth-order valence-electron chi connectivity index (χ4n) is 4.63. The molecule has 5 rings (SSSR count).